The molecule has 1 heterocycles. The summed E-state index contributed by atoms with van der Waals surface area (Å²) in [6.07, 6.45) is 0. The summed E-state index contributed by atoms with van der Waals surface area (Å²) in [5, 5.41) is 11.0. The van der Waals surface area contributed by atoms with Gasteiger partial charge in [0, 0.05) is 19.2 Å². The van der Waals surface area contributed by atoms with Gasteiger partial charge in [0.2, 0.25) is 0 Å². The van der Waals surface area contributed by atoms with Crippen LogP contribution in [0.15, 0.2) is 18.2 Å². The van der Waals surface area contributed by atoms with E-state index in [2.05, 4.69) is 0 Å². The van der Waals surface area contributed by atoms with Gasteiger partial charge in [-0.25, -0.2) is 0 Å². The predicted octanol–water partition coefficient (Wildman–Crippen LogP) is 1.44. The van der Waals surface area contributed by atoms with E-state index >= 15 is 0 Å². The Balaban J connectivity index is 2.43. The quantitative estimate of drug-likeness (QED) is 0.589. The molecule has 0 spiro atoms. The molecule has 17 heavy (non-hydrogen) atoms. The minimum absolute atomic E-state index is 0.0752. The summed E-state index contributed by atoms with van der Waals surface area (Å²) in [6, 6.07) is 4.85. The maximum Gasteiger partial charge on any atom is 0.296 e. The Labute approximate surface area is 98.9 Å². The molecular formula is C11H14N2O4. The van der Waals surface area contributed by atoms with Crippen molar-refractivity contribution in [3.63, 3.8) is 0 Å². The van der Waals surface area contributed by atoms with Crippen LogP contribution in [0, 0.1) is 10.1 Å². The van der Waals surface area contributed by atoms with E-state index in [1.807, 2.05) is 4.90 Å². The minimum Gasteiger partial charge on any atom is -0.494 e. The Hall–Kier alpha value is -1.82. The fraction of sp³-hybridized carbons (Fsp3) is 0.455. The number of nitro benzene ring substituents is 1. The van der Waals surface area contributed by atoms with Crippen LogP contribution < -0.4 is 9.64 Å². The average Bonchev–Trinajstić information content (AvgIpc) is 2.38. The number of methoxy groups -OCH3 is 1. The van der Waals surface area contributed by atoms with Crippen LogP contribution in [0.5, 0.6) is 5.75 Å². The van der Waals surface area contributed by atoms with E-state index in [1.54, 1.807) is 12.1 Å². The highest BCUT2D eigenvalue weighted by molar-refractivity contribution is 5.71. The number of ether oxygens (including phenoxy) is 2. The van der Waals surface area contributed by atoms with Crippen molar-refractivity contribution in [2.45, 2.75) is 0 Å². The van der Waals surface area contributed by atoms with Gasteiger partial charge in [0.05, 0.1) is 25.2 Å². The highest BCUT2D eigenvalue weighted by Crippen LogP contribution is 2.37. The SMILES string of the molecule is COc1cccc([N+](=O)[O-])c1N1CCOCC1. The summed E-state index contributed by atoms with van der Waals surface area (Å²) >= 11 is 0. The Kier molecular flexibility index (Phi) is 3.43. The fourth-order valence-electron chi connectivity index (χ4n) is 1.93. The molecule has 2 rings (SSSR count). The van der Waals surface area contributed by atoms with Crippen molar-refractivity contribution in [2.24, 2.45) is 0 Å². The van der Waals surface area contributed by atoms with Crippen molar-refractivity contribution >= 4 is 11.4 Å². The van der Waals surface area contributed by atoms with Crippen LogP contribution in [0.4, 0.5) is 11.4 Å². The van der Waals surface area contributed by atoms with Crippen molar-refractivity contribution in [1.82, 2.24) is 0 Å². The number of hydrogen-bond donors (Lipinski definition) is 0. The highest BCUT2D eigenvalue weighted by Gasteiger charge is 2.25. The number of nitro groups is 1. The third kappa shape index (κ3) is 2.31. The second kappa shape index (κ2) is 5.01. The number of benzene rings is 1. The Morgan fingerprint density at radius 2 is 2.12 bits per heavy atom. The van der Waals surface area contributed by atoms with Crippen LogP contribution in [0.3, 0.4) is 0 Å². The summed E-state index contributed by atoms with van der Waals surface area (Å²) in [5.74, 6) is 0.529. The zero-order chi connectivity index (χ0) is 12.3. The van der Waals surface area contributed by atoms with Crippen molar-refractivity contribution in [2.75, 3.05) is 38.3 Å². The zero-order valence-corrected chi connectivity index (χ0v) is 9.59. The largest absolute Gasteiger partial charge is 0.494 e. The average molecular weight is 238 g/mol. The predicted molar refractivity (Wildman–Crippen MR) is 62.7 cm³/mol. The number of nitrogens with zero attached hydrogens (tertiary/aromatic N) is 2. The lowest BCUT2D eigenvalue weighted by Gasteiger charge is -2.29. The first kappa shape index (κ1) is 11.7. The molecule has 0 unspecified atom stereocenters. The molecular weight excluding hydrogens is 224 g/mol. The zero-order valence-electron chi connectivity index (χ0n) is 9.59. The van der Waals surface area contributed by atoms with Gasteiger partial charge >= 0.3 is 0 Å². The molecule has 92 valence electrons. The van der Waals surface area contributed by atoms with Crippen LogP contribution in [-0.4, -0.2) is 38.3 Å². The smallest absolute Gasteiger partial charge is 0.296 e. The first-order valence-corrected chi connectivity index (χ1v) is 5.38. The highest BCUT2D eigenvalue weighted by atomic mass is 16.6. The first-order chi connectivity index (χ1) is 8.24. The monoisotopic (exact) mass is 238 g/mol. The van der Waals surface area contributed by atoms with E-state index in [-0.39, 0.29) is 10.6 Å². The molecule has 0 saturated carbocycles. The number of para-hydroxylation sites is 1. The van der Waals surface area contributed by atoms with Crippen LogP contribution >= 0.6 is 0 Å². The summed E-state index contributed by atoms with van der Waals surface area (Å²) in [4.78, 5) is 12.6. The summed E-state index contributed by atoms with van der Waals surface area (Å²) in [5.41, 5.74) is 0.620. The molecule has 6 nitrogen and oxygen atoms in total. The molecule has 0 bridgehead atoms. The van der Waals surface area contributed by atoms with Crippen molar-refractivity contribution in [1.29, 1.82) is 0 Å². The van der Waals surface area contributed by atoms with Gasteiger partial charge in [-0.2, -0.15) is 0 Å². The molecule has 1 aliphatic rings. The van der Waals surface area contributed by atoms with Gasteiger partial charge in [0.15, 0.2) is 5.69 Å². The van der Waals surface area contributed by atoms with Gasteiger partial charge < -0.3 is 14.4 Å². The summed E-state index contributed by atoms with van der Waals surface area (Å²) in [7, 11) is 1.52. The molecule has 0 aromatic heterocycles. The lowest BCUT2D eigenvalue weighted by atomic mass is 10.2. The third-order valence-electron chi connectivity index (χ3n) is 2.72. The van der Waals surface area contributed by atoms with Crippen LogP contribution in [0.2, 0.25) is 0 Å². The minimum atomic E-state index is -0.382. The summed E-state index contributed by atoms with van der Waals surface area (Å²) in [6.45, 7) is 2.44. The van der Waals surface area contributed by atoms with Crippen LogP contribution in [-0.2, 0) is 4.74 Å². The number of rotatable bonds is 3. The lowest BCUT2D eigenvalue weighted by molar-refractivity contribution is -0.384. The molecule has 0 aliphatic carbocycles. The van der Waals surface area contributed by atoms with Gasteiger partial charge in [-0.3, -0.25) is 10.1 Å². The molecule has 0 radical (unpaired) electrons. The van der Waals surface area contributed by atoms with Gasteiger partial charge in [0.1, 0.15) is 5.75 Å². The number of hydrogen-bond acceptors (Lipinski definition) is 5. The fourth-order valence-corrected chi connectivity index (χ4v) is 1.93. The molecule has 1 aromatic carbocycles. The molecule has 0 atom stereocenters. The Morgan fingerprint density at radius 3 is 2.71 bits per heavy atom. The van der Waals surface area contributed by atoms with Gasteiger partial charge in [0.25, 0.3) is 5.69 Å². The molecule has 0 N–H and O–H groups in total. The Bertz CT molecular complexity index is 416. The van der Waals surface area contributed by atoms with E-state index in [1.165, 1.54) is 13.2 Å². The van der Waals surface area contributed by atoms with E-state index in [4.69, 9.17) is 9.47 Å². The normalized spacial score (nSPS) is 15.7. The van der Waals surface area contributed by atoms with Crippen LogP contribution in [0.25, 0.3) is 0 Å². The van der Waals surface area contributed by atoms with Gasteiger partial charge in [-0.15, -0.1) is 0 Å². The molecule has 0 amide bonds. The maximum absolute atomic E-state index is 11.0. The summed E-state index contributed by atoms with van der Waals surface area (Å²) < 4.78 is 10.4. The van der Waals surface area contributed by atoms with E-state index < -0.39 is 0 Å². The van der Waals surface area contributed by atoms with E-state index in [9.17, 15) is 10.1 Å². The molecule has 6 heteroatoms. The topological polar surface area (TPSA) is 64.8 Å². The van der Waals surface area contributed by atoms with Crippen LogP contribution in [0.1, 0.15) is 0 Å². The lowest BCUT2D eigenvalue weighted by Crippen LogP contribution is -2.36. The second-order valence-corrected chi connectivity index (χ2v) is 3.68. The molecule has 1 aromatic rings. The number of morpholine rings is 1. The molecule has 1 aliphatic heterocycles. The van der Waals surface area contributed by atoms with Gasteiger partial charge in [-0.1, -0.05) is 6.07 Å². The van der Waals surface area contributed by atoms with E-state index in [0.717, 1.165) is 0 Å². The third-order valence-corrected chi connectivity index (χ3v) is 2.72. The van der Waals surface area contributed by atoms with E-state index in [0.29, 0.717) is 37.7 Å². The standard InChI is InChI=1S/C11H14N2O4/c1-16-10-4-2-3-9(13(14)15)11(10)12-5-7-17-8-6-12/h2-4H,5-8H2,1H3. The maximum atomic E-state index is 11.0. The van der Waals surface area contributed by atoms with Crippen molar-refractivity contribution in [3.05, 3.63) is 28.3 Å². The molecule has 1 fully saturated rings. The Morgan fingerprint density at radius 1 is 1.41 bits per heavy atom. The van der Waals surface area contributed by atoms with Gasteiger partial charge in [-0.05, 0) is 6.07 Å². The first-order valence-electron chi connectivity index (χ1n) is 5.38. The van der Waals surface area contributed by atoms with Crippen molar-refractivity contribution in [3.8, 4) is 5.75 Å². The second-order valence-electron chi connectivity index (χ2n) is 3.68. The number of anilines is 1. The molecule has 1 saturated heterocycles. The van der Waals surface area contributed by atoms with Crippen molar-refractivity contribution < 1.29 is 14.4 Å².